The molecule has 0 spiro atoms. The molecule has 1 amide bonds. The first-order valence-corrected chi connectivity index (χ1v) is 10.8. The third kappa shape index (κ3) is 5.17. The van der Waals surface area contributed by atoms with Gasteiger partial charge in [-0.05, 0) is 42.7 Å². The average molecular weight is 425 g/mol. The lowest BCUT2D eigenvalue weighted by Gasteiger charge is -2.09. The summed E-state index contributed by atoms with van der Waals surface area (Å²) in [7, 11) is 1.65. The number of aromatic nitrogens is 1. The van der Waals surface area contributed by atoms with Crippen LogP contribution in [0.5, 0.6) is 11.5 Å². The zero-order valence-corrected chi connectivity index (χ0v) is 17.6. The van der Waals surface area contributed by atoms with Crippen molar-refractivity contribution in [2.75, 3.05) is 20.3 Å². The first-order valence-electron chi connectivity index (χ1n) is 9.93. The summed E-state index contributed by atoms with van der Waals surface area (Å²) >= 11 is 1.44. The number of nitrogens with zero attached hydrogens (tertiary/aromatic N) is 1. The van der Waals surface area contributed by atoms with Crippen molar-refractivity contribution in [2.45, 2.75) is 25.6 Å². The lowest BCUT2D eigenvalue weighted by atomic mass is 10.2. The second kappa shape index (κ2) is 9.73. The molecule has 156 valence electrons. The van der Waals surface area contributed by atoms with E-state index in [4.69, 9.17) is 14.2 Å². The van der Waals surface area contributed by atoms with Gasteiger partial charge in [0.1, 0.15) is 28.8 Å². The Morgan fingerprint density at radius 2 is 2.10 bits per heavy atom. The highest BCUT2D eigenvalue weighted by atomic mass is 32.1. The zero-order valence-electron chi connectivity index (χ0n) is 16.8. The van der Waals surface area contributed by atoms with Gasteiger partial charge in [-0.3, -0.25) is 4.79 Å². The van der Waals surface area contributed by atoms with E-state index in [9.17, 15) is 4.79 Å². The molecule has 0 radical (unpaired) electrons. The van der Waals surface area contributed by atoms with Crippen LogP contribution in [-0.2, 0) is 11.3 Å². The van der Waals surface area contributed by atoms with Crippen molar-refractivity contribution >= 4 is 17.2 Å². The quantitative estimate of drug-likeness (QED) is 0.584. The van der Waals surface area contributed by atoms with Crippen LogP contribution in [-0.4, -0.2) is 37.3 Å². The third-order valence-electron chi connectivity index (χ3n) is 4.87. The van der Waals surface area contributed by atoms with Crippen LogP contribution in [0.15, 0.2) is 53.9 Å². The SMILES string of the molecule is COc1cccc(COc2cccc(-c3nc(C(=O)NCC4CCCO4)cs3)c2)c1. The van der Waals surface area contributed by atoms with Crippen LogP contribution in [0.1, 0.15) is 28.9 Å². The molecule has 1 aliphatic rings. The normalized spacial score (nSPS) is 15.7. The fourth-order valence-corrected chi connectivity index (χ4v) is 4.06. The number of methoxy groups -OCH3 is 1. The van der Waals surface area contributed by atoms with E-state index in [0.717, 1.165) is 47.1 Å². The highest BCUT2D eigenvalue weighted by molar-refractivity contribution is 7.13. The summed E-state index contributed by atoms with van der Waals surface area (Å²) in [5.74, 6) is 1.38. The highest BCUT2D eigenvalue weighted by Crippen LogP contribution is 2.27. The Morgan fingerprint density at radius 1 is 1.23 bits per heavy atom. The van der Waals surface area contributed by atoms with Crippen LogP contribution in [0, 0.1) is 0 Å². The van der Waals surface area contributed by atoms with Crippen molar-refractivity contribution in [1.82, 2.24) is 10.3 Å². The van der Waals surface area contributed by atoms with E-state index in [1.54, 1.807) is 12.5 Å². The van der Waals surface area contributed by atoms with Crippen LogP contribution >= 0.6 is 11.3 Å². The van der Waals surface area contributed by atoms with Gasteiger partial charge in [-0.25, -0.2) is 4.98 Å². The van der Waals surface area contributed by atoms with Crippen molar-refractivity contribution in [3.63, 3.8) is 0 Å². The monoisotopic (exact) mass is 424 g/mol. The van der Waals surface area contributed by atoms with E-state index in [2.05, 4.69) is 10.3 Å². The second-order valence-corrected chi connectivity index (χ2v) is 7.91. The van der Waals surface area contributed by atoms with Crippen molar-refractivity contribution < 1.29 is 19.0 Å². The number of amides is 1. The van der Waals surface area contributed by atoms with Gasteiger partial charge >= 0.3 is 0 Å². The van der Waals surface area contributed by atoms with Gasteiger partial charge in [-0.15, -0.1) is 11.3 Å². The van der Waals surface area contributed by atoms with Crippen LogP contribution in [0.3, 0.4) is 0 Å². The van der Waals surface area contributed by atoms with Gasteiger partial charge in [-0.1, -0.05) is 24.3 Å². The molecule has 0 saturated carbocycles. The van der Waals surface area contributed by atoms with Gasteiger partial charge in [0.25, 0.3) is 5.91 Å². The van der Waals surface area contributed by atoms with E-state index >= 15 is 0 Å². The topological polar surface area (TPSA) is 69.7 Å². The van der Waals surface area contributed by atoms with Crippen LogP contribution < -0.4 is 14.8 Å². The fraction of sp³-hybridized carbons (Fsp3) is 0.304. The molecule has 4 rings (SSSR count). The smallest absolute Gasteiger partial charge is 0.270 e. The second-order valence-electron chi connectivity index (χ2n) is 7.05. The Morgan fingerprint density at radius 3 is 2.93 bits per heavy atom. The van der Waals surface area contributed by atoms with Crippen LogP contribution in [0.2, 0.25) is 0 Å². The minimum Gasteiger partial charge on any atom is -0.497 e. The Bertz CT molecular complexity index is 998. The summed E-state index contributed by atoms with van der Waals surface area (Å²) in [6, 6.07) is 15.5. The molecule has 1 saturated heterocycles. The van der Waals surface area contributed by atoms with Gasteiger partial charge in [0.05, 0.1) is 13.2 Å². The molecule has 1 unspecified atom stereocenters. The number of thiazole rings is 1. The van der Waals surface area contributed by atoms with E-state index < -0.39 is 0 Å². The van der Waals surface area contributed by atoms with Crippen LogP contribution in [0.4, 0.5) is 0 Å². The number of benzene rings is 2. The van der Waals surface area contributed by atoms with Crippen molar-refractivity contribution in [2.24, 2.45) is 0 Å². The van der Waals surface area contributed by atoms with Gasteiger partial charge in [0.15, 0.2) is 0 Å². The number of carbonyl (C=O) groups is 1. The van der Waals surface area contributed by atoms with E-state index in [0.29, 0.717) is 18.8 Å². The Hall–Kier alpha value is -2.90. The summed E-state index contributed by atoms with van der Waals surface area (Å²) in [5, 5.41) is 5.47. The Balaban J connectivity index is 1.38. The predicted octanol–water partition coefficient (Wildman–Crippen LogP) is 4.31. The molecule has 0 bridgehead atoms. The van der Waals surface area contributed by atoms with E-state index in [-0.39, 0.29) is 12.0 Å². The summed E-state index contributed by atoms with van der Waals surface area (Å²) in [4.78, 5) is 16.9. The number of ether oxygens (including phenoxy) is 3. The van der Waals surface area contributed by atoms with Crippen molar-refractivity contribution in [1.29, 1.82) is 0 Å². The molecule has 1 atom stereocenters. The number of nitrogens with one attached hydrogen (secondary N) is 1. The average Bonchev–Trinajstić information content (AvgIpc) is 3.49. The van der Waals surface area contributed by atoms with E-state index in [1.165, 1.54) is 11.3 Å². The molecule has 3 aromatic rings. The molecule has 2 heterocycles. The molecule has 1 N–H and O–H groups in total. The van der Waals surface area contributed by atoms with Crippen LogP contribution in [0.25, 0.3) is 10.6 Å². The molecule has 1 aliphatic heterocycles. The maximum absolute atomic E-state index is 12.4. The molecule has 1 fully saturated rings. The lowest BCUT2D eigenvalue weighted by Crippen LogP contribution is -2.31. The minimum atomic E-state index is -0.168. The minimum absolute atomic E-state index is 0.116. The molecule has 2 aromatic carbocycles. The molecular weight excluding hydrogens is 400 g/mol. The Kier molecular flexibility index (Phi) is 6.61. The van der Waals surface area contributed by atoms with E-state index in [1.807, 2.05) is 48.5 Å². The lowest BCUT2D eigenvalue weighted by molar-refractivity contribution is 0.0854. The Labute approximate surface area is 179 Å². The zero-order chi connectivity index (χ0) is 20.8. The molecule has 1 aromatic heterocycles. The predicted molar refractivity (Wildman–Crippen MR) is 116 cm³/mol. The maximum Gasteiger partial charge on any atom is 0.270 e. The van der Waals surface area contributed by atoms with Gasteiger partial charge in [0.2, 0.25) is 0 Å². The standard InChI is InChI=1S/C23H24N2O4S/c1-27-18-7-2-5-16(11-18)14-29-19-8-3-6-17(12-19)23-25-21(15-30-23)22(26)24-13-20-9-4-10-28-20/h2-3,5-8,11-12,15,20H,4,9-10,13-14H2,1H3,(H,24,26). The molecule has 6 nitrogen and oxygen atoms in total. The molecular formula is C23H24N2O4S. The summed E-state index contributed by atoms with van der Waals surface area (Å²) in [5.41, 5.74) is 2.37. The van der Waals surface area contributed by atoms with Crippen molar-refractivity contribution in [3.8, 4) is 22.1 Å². The van der Waals surface area contributed by atoms with Gasteiger partial charge in [-0.2, -0.15) is 0 Å². The molecule has 0 aliphatic carbocycles. The van der Waals surface area contributed by atoms with Crippen molar-refractivity contribution in [3.05, 3.63) is 65.2 Å². The summed E-state index contributed by atoms with van der Waals surface area (Å²) in [6.45, 7) is 1.74. The number of hydrogen-bond donors (Lipinski definition) is 1. The number of rotatable bonds is 8. The molecule has 7 heteroatoms. The first-order chi connectivity index (χ1) is 14.7. The summed E-state index contributed by atoms with van der Waals surface area (Å²) < 4.78 is 16.7. The summed E-state index contributed by atoms with van der Waals surface area (Å²) in [6.07, 6.45) is 2.16. The maximum atomic E-state index is 12.4. The van der Waals surface area contributed by atoms with Gasteiger partial charge in [0, 0.05) is 24.1 Å². The third-order valence-corrected chi connectivity index (χ3v) is 5.76. The number of carbonyl (C=O) groups excluding carboxylic acids is 1. The molecule has 30 heavy (non-hydrogen) atoms. The highest BCUT2D eigenvalue weighted by Gasteiger charge is 2.18. The number of hydrogen-bond acceptors (Lipinski definition) is 6. The first kappa shape index (κ1) is 20.4. The largest absolute Gasteiger partial charge is 0.497 e. The van der Waals surface area contributed by atoms with Gasteiger partial charge < -0.3 is 19.5 Å². The fourth-order valence-electron chi connectivity index (χ4n) is 3.26.